The molecule has 0 atom stereocenters. The fraction of sp³-hybridized carbons (Fsp3) is 0.667. The minimum absolute atomic E-state index is 0.0328. The first kappa shape index (κ1) is 24.0. The largest absolute Gasteiger partial charge is 0.479 e. The first-order valence-electron chi connectivity index (χ1n) is 11.8. The van der Waals surface area contributed by atoms with Gasteiger partial charge in [-0.1, -0.05) is 32.6 Å². The molecule has 0 aromatic carbocycles. The van der Waals surface area contributed by atoms with Crippen molar-refractivity contribution < 1.29 is 14.3 Å². The van der Waals surface area contributed by atoms with Gasteiger partial charge in [0.05, 0.1) is 12.5 Å². The SMILES string of the molecule is CCCCNC(=O)C1(NC(=O)CCc2c(C)nc3c(c(OC)nn3C)c2C)CCCCC1. The maximum absolute atomic E-state index is 13.0. The normalized spacial score (nSPS) is 15.5. The minimum Gasteiger partial charge on any atom is -0.479 e. The summed E-state index contributed by atoms with van der Waals surface area (Å²) in [5.41, 5.74) is 2.95. The van der Waals surface area contributed by atoms with Gasteiger partial charge in [-0.15, -0.1) is 5.10 Å². The summed E-state index contributed by atoms with van der Waals surface area (Å²) in [6.45, 7) is 6.74. The van der Waals surface area contributed by atoms with E-state index in [0.717, 1.165) is 60.0 Å². The molecule has 0 aliphatic heterocycles. The molecule has 1 aliphatic carbocycles. The summed E-state index contributed by atoms with van der Waals surface area (Å²) in [5.74, 6) is 0.423. The molecule has 0 spiro atoms. The van der Waals surface area contributed by atoms with Gasteiger partial charge in [-0.05, 0) is 50.7 Å². The Morgan fingerprint density at radius 2 is 1.91 bits per heavy atom. The smallest absolute Gasteiger partial charge is 0.245 e. The van der Waals surface area contributed by atoms with Crippen LogP contribution in [0.15, 0.2) is 0 Å². The molecule has 3 rings (SSSR count). The van der Waals surface area contributed by atoms with Crippen LogP contribution < -0.4 is 15.4 Å². The van der Waals surface area contributed by atoms with Gasteiger partial charge in [-0.2, -0.15) is 0 Å². The molecule has 1 aliphatic rings. The number of aryl methyl sites for hydroxylation is 3. The molecule has 176 valence electrons. The topological polar surface area (TPSA) is 98.1 Å². The van der Waals surface area contributed by atoms with Gasteiger partial charge < -0.3 is 15.4 Å². The van der Waals surface area contributed by atoms with Gasteiger partial charge in [-0.3, -0.25) is 9.59 Å². The number of aromatic nitrogens is 3. The first-order valence-corrected chi connectivity index (χ1v) is 11.8. The summed E-state index contributed by atoms with van der Waals surface area (Å²) < 4.78 is 7.15. The van der Waals surface area contributed by atoms with Gasteiger partial charge in [0.25, 0.3) is 0 Å². The molecular weight excluding hydrogens is 406 g/mol. The highest BCUT2D eigenvalue weighted by Gasteiger charge is 2.40. The first-order chi connectivity index (χ1) is 15.3. The number of methoxy groups -OCH3 is 1. The lowest BCUT2D eigenvalue weighted by atomic mass is 9.80. The third kappa shape index (κ3) is 4.89. The third-order valence-corrected chi connectivity index (χ3v) is 6.65. The quantitative estimate of drug-likeness (QED) is 0.580. The lowest BCUT2D eigenvalue weighted by molar-refractivity contribution is -0.135. The summed E-state index contributed by atoms with van der Waals surface area (Å²) in [4.78, 5) is 30.7. The molecule has 0 radical (unpaired) electrons. The van der Waals surface area contributed by atoms with Crippen molar-refractivity contribution in [1.29, 1.82) is 0 Å². The van der Waals surface area contributed by atoms with E-state index in [1.807, 2.05) is 20.9 Å². The van der Waals surface area contributed by atoms with Gasteiger partial charge in [-0.25, -0.2) is 9.67 Å². The number of ether oxygens (including phenoxy) is 1. The number of pyridine rings is 1. The van der Waals surface area contributed by atoms with Crippen LogP contribution in [0.5, 0.6) is 5.88 Å². The zero-order valence-electron chi connectivity index (χ0n) is 20.1. The number of nitrogens with one attached hydrogen (secondary N) is 2. The predicted octanol–water partition coefficient (Wildman–Crippen LogP) is 3.26. The number of amides is 2. The summed E-state index contributed by atoms with van der Waals surface area (Å²) in [6.07, 6.45) is 7.27. The van der Waals surface area contributed by atoms with E-state index >= 15 is 0 Å². The van der Waals surface area contributed by atoms with Crippen LogP contribution >= 0.6 is 0 Å². The summed E-state index contributed by atoms with van der Waals surface area (Å²) in [5, 5.41) is 11.4. The minimum atomic E-state index is -0.776. The Balaban J connectivity index is 1.74. The van der Waals surface area contributed by atoms with Crippen LogP contribution in [0.25, 0.3) is 11.0 Å². The predicted molar refractivity (Wildman–Crippen MR) is 125 cm³/mol. The summed E-state index contributed by atoms with van der Waals surface area (Å²) in [7, 11) is 3.45. The number of hydrogen-bond donors (Lipinski definition) is 2. The van der Waals surface area contributed by atoms with Crippen molar-refractivity contribution in [2.24, 2.45) is 7.05 Å². The van der Waals surface area contributed by atoms with Crippen molar-refractivity contribution >= 4 is 22.8 Å². The maximum atomic E-state index is 13.0. The monoisotopic (exact) mass is 443 g/mol. The highest BCUT2D eigenvalue weighted by molar-refractivity contribution is 5.92. The molecule has 2 N–H and O–H groups in total. The maximum Gasteiger partial charge on any atom is 0.245 e. The molecule has 2 aromatic heterocycles. The van der Waals surface area contributed by atoms with Gasteiger partial charge in [0.1, 0.15) is 5.54 Å². The van der Waals surface area contributed by atoms with Crippen LogP contribution in [-0.4, -0.2) is 45.8 Å². The van der Waals surface area contributed by atoms with Gasteiger partial charge in [0.15, 0.2) is 5.65 Å². The lowest BCUT2D eigenvalue weighted by Crippen LogP contribution is -2.59. The fourth-order valence-corrected chi connectivity index (χ4v) is 4.79. The molecule has 0 bridgehead atoms. The number of hydrogen-bond acceptors (Lipinski definition) is 5. The highest BCUT2D eigenvalue weighted by Crippen LogP contribution is 2.31. The second-order valence-electron chi connectivity index (χ2n) is 8.93. The van der Waals surface area contributed by atoms with Gasteiger partial charge in [0.2, 0.25) is 17.7 Å². The Morgan fingerprint density at radius 3 is 2.56 bits per heavy atom. The van der Waals surface area contributed by atoms with E-state index in [2.05, 4.69) is 22.7 Å². The van der Waals surface area contributed by atoms with E-state index in [4.69, 9.17) is 9.72 Å². The summed E-state index contributed by atoms with van der Waals surface area (Å²) >= 11 is 0. The number of nitrogens with zero attached hydrogens (tertiary/aromatic N) is 3. The Bertz CT molecular complexity index is 976. The molecule has 1 saturated carbocycles. The van der Waals surface area contributed by atoms with Gasteiger partial charge >= 0.3 is 0 Å². The molecule has 32 heavy (non-hydrogen) atoms. The second kappa shape index (κ2) is 10.3. The average Bonchev–Trinajstić information content (AvgIpc) is 3.09. The highest BCUT2D eigenvalue weighted by atomic mass is 16.5. The molecule has 1 fully saturated rings. The average molecular weight is 444 g/mol. The zero-order valence-corrected chi connectivity index (χ0v) is 20.1. The standard InChI is InChI=1S/C24H37N5O3/c1-6-7-15-25-23(31)24(13-9-8-10-14-24)27-19(30)12-11-18-16(2)20-21(26-17(18)3)29(4)28-22(20)32-5/h6-15H2,1-5H3,(H,25,31)(H,27,30). The Labute approximate surface area is 190 Å². The van der Waals surface area contributed by atoms with E-state index in [-0.39, 0.29) is 11.8 Å². The number of unbranched alkanes of at least 4 members (excludes halogenated alkanes) is 1. The van der Waals surface area contributed by atoms with Crippen molar-refractivity contribution in [3.05, 3.63) is 16.8 Å². The molecular formula is C24H37N5O3. The molecule has 2 aromatic rings. The number of carbonyl (C=O) groups is 2. The molecule has 0 unspecified atom stereocenters. The lowest BCUT2D eigenvalue weighted by Gasteiger charge is -2.36. The fourth-order valence-electron chi connectivity index (χ4n) is 4.79. The number of fused-ring (bicyclic) bond motifs is 1. The van der Waals surface area contributed by atoms with E-state index in [9.17, 15) is 9.59 Å². The number of rotatable bonds is 9. The second-order valence-corrected chi connectivity index (χ2v) is 8.93. The van der Waals surface area contributed by atoms with Crippen LogP contribution in [0.1, 0.15) is 75.1 Å². The van der Waals surface area contributed by atoms with Crippen LogP contribution in [0.2, 0.25) is 0 Å². The Kier molecular flexibility index (Phi) is 7.74. The number of carbonyl (C=O) groups excluding carboxylic acids is 2. The van der Waals surface area contributed by atoms with E-state index in [0.29, 0.717) is 38.1 Å². The Hall–Kier alpha value is -2.64. The van der Waals surface area contributed by atoms with Crippen LogP contribution in [0.4, 0.5) is 0 Å². The van der Waals surface area contributed by atoms with Crippen LogP contribution in [0, 0.1) is 13.8 Å². The zero-order chi connectivity index (χ0) is 23.3. The third-order valence-electron chi connectivity index (χ3n) is 6.65. The van der Waals surface area contributed by atoms with Crippen molar-refractivity contribution in [3.63, 3.8) is 0 Å². The van der Waals surface area contributed by atoms with Crippen molar-refractivity contribution in [1.82, 2.24) is 25.4 Å². The molecule has 0 saturated heterocycles. The van der Waals surface area contributed by atoms with Crippen molar-refractivity contribution in [2.75, 3.05) is 13.7 Å². The Morgan fingerprint density at radius 1 is 1.19 bits per heavy atom. The van der Waals surface area contributed by atoms with Crippen LogP contribution in [-0.2, 0) is 23.1 Å². The molecule has 8 nitrogen and oxygen atoms in total. The summed E-state index contributed by atoms with van der Waals surface area (Å²) in [6, 6.07) is 0. The molecule has 2 heterocycles. The van der Waals surface area contributed by atoms with E-state index in [1.165, 1.54) is 0 Å². The molecule has 8 heteroatoms. The van der Waals surface area contributed by atoms with Crippen molar-refractivity contribution in [2.45, 2.75) is 84.1 Å². The van der Waals surface area contributed by atoms with Gasteiger partial charge in [0, 0.05) is 25.7 Å². The van der Waals surface area contributed by atoms with E-state index < -0.39 is 5.54 Å². The molecule has 2 amide bonds. The van der Waals surface area contributed by atoms with E-state index in [1.54, 1.807) is 11.8 Å². The van der Waals surface area contributed by atoms with Crippen molar-refractivity contribution in [3.8, 4) is 5.88 Å². The van der Waals surface area contributed by atoms with Crippen LogP contribution in [0.3, 0.4) is 0 Å².